The third-order valence-electron chi connectivity index (χ3n) is 5.57. The Morgan fingerprint density at radius 1 is 1.15 bits per heavy atom. The molecule has 26 heavy (non-hydrogen) atoms. The van der Waals surface area contributed by atoms with Crippen LogP contribution in [0.15, 0.2) is 78.7 Å². The molecule has 3 heteroatoms. The van der Waals surface area contributed by atoms with E-state index in [-0.39, 0.29) is 6.04 Å². The monoisotopic (exact) mass is 349 g/mol. The first-order valence-corrected chi connectivity index (χ1v) is 9.71. The van der Waals surface area contributed by atoms with E-state index < -0.39 is 0 Å². The number of piperidine rings is 1. The third kappa shape index (κ3) is 4.10. The molecule has 4 rings (SSSR count). The van der Waals surface area contributed by atoms with Crippen LogP contribution in [0.5, 0.6) is 0 Å². The van der Waals surface area contributed by atoms with Crippen LogP contribution >= 0.6 is 0 Å². The van der Waals surface area contributed by atoms with Gasteiger partial charge in [-0.25, -0.2) is 0 Å². The zero-order valence-corrected chi connectivity index (χ0v) is 15.2. The average Bonchev–Trinajstić information content (AvgIpc) is 2.74. The van der Waals surface area contributed by atoms with Crippen molar-refractivity contribution in [2.24, 2.45) is 0 Å². The second-order valence-electron chi connectivity index (χ2n) is 7.30. The quantitative estimate of drug-likeness (QED) is 0.724. The lowest BCUT2D eigenvalue weighted by Gasteiger charge is -2.39. The van der Waals surface area contributed by atoms with Gasteiger partial charge in [0.25, 0.3) is 0 Å². The first kappa shape index (κ1) is 17.2. The van der Waals surface area contributed by atoms with E-state index in [0.29, 0.717) is 5.92 Å². The van der Waals surface area contributed by atoms with E-state index in [1.807, 2.05) is 0 Å². The largest absolute Gasteiger partial charge is 0.466 e. The Morgan fingerprint density at radius 2 is 2.08 bits per heavy atom. The Kier molecular flexibility index (Phi) is 5.56. The number of rotatable bonds is 5. The van der Waals surface area contributed by atoms with Crippen LogP contribution in [0.1, 0.15) is 43.6 Å². The van der Waals surface area contributed by atoms with Gasteiger partial charge in [0.05, 0.1) is 6.04 Å². The number of likely N-dealkylation sites (tertiary alicyclic amines) is 1. The molecule has 1 saturated heterocycles. The summed E-state index contributed by atoms with van der Waals surface area (Å²) in [5.74, 6) is 1.52. The number of allylic oxidation sites excluding steroid dienone is 3. The van der Waals surface area contributed by atoms with Crippen molar-refractivity contribution in [1.82, 2.24) is 4.90 Å². The average molecular weight is 349 g/mol. The van der Waals surface area contributed by atoms with Gasteiger partial charge in [0.15, 0.2) is 5.76 Å². The highest BCUT2D eigenvalue weighted by atomic mass is 16.5. The predicted molar refractivity (Wildman–Crippen MR) is 104 cm³/mol. The summed E-state index contributed by atoms with van der Waals surface area (Å²) in [5.41, 5.74) is 2.95. The molecule has 0 radical (unpaired) electrons. The smallest absolute Gasteiger partial charge is 0.156 e. The highest BCUT2D eigenvalue weighted by Crippen LogP contribution is 2.33. The topological polar surface area (TPSA) is 21.7 Å². The van der Waals surface area contributed by atoms with Crippen LogP contribution in [0.25, 0.3) is 0 Å². The maximum atomic E-state index is 5.84. The minimum Gasteiger partial charge on any atom is -0.466 e. The van der Waals surface area contributed by atoms with Gasteiger partial charge in [-0.1, -0.05) is 54.1 Å². The molecule has 136 valence electrons. The van der Waals surface area contributed by atoms with Crippen LogP contribution in [0.4, 0.5) is 0 Å². The van der Waals surface area contributed by atoms with Gasteiger partial charge in [0.1, 0.15) is 18.8 Å². The Bertz CT molecular complexity index is 717. The van der Waals surface area contributed by atoms with E-state index in [9.17, 15) is 0 Å². The zero-order valence-electron chi connectivity index (χ0n) is 15.2. The van der Waals surface area contributed by atoms with E-state index in [2.05, 4.69) is 53.5 Å². The predicted octanol–water partition coefficient (Wildman–Crippen LogP) is 5.26. The van der Waals surface area contributed by atoms with Crippen LogP contribution in [0, 0.1) is 0 Å². The van der Waals surface area contributed by atoms with Crippen molar-refractivity contribution in [3.05, 3.63) is 84.2 Å². The Morgan fingerprint density at radius 3 is 2.85 bits per heavy atom. The van der Waals surface area contributed by atoms with Gasteiger partial charge in [-0.15, -0.1) is 0 Å². The second-order valence-corrected chi connectivity index (χ2v) is 7.30. The molecule has 0 N–H and O–H groups in total. The van der Waals surface area contributed by atoms with Crippen molar-refractivity contribution >= 4 is 0 Å². The Hall–Kier alpha value is -2.26. The number of ether oxygens (including phenoxy) is 2. The zero-order chi connectivity index (χ0) is 17.6. The summed E-state index contributed by atoms with van der Waals surface area (Å²) in [6.45, 7) is 2.18. The maximum absolute atomic E-state index is 5.84. The molecule has 1 aromatic rings. The highest BCUT2D eigenvalue weighted by molar-refractivity contribution is 5.23. The fourth-order valence-electron chi connectivity index (χ4n) is 4.20. The summed E-state index contributed by atoms with van der Waals surface area (Å²) in [4.78, 5) is 2.59. The molecule has 0 bridgehead atoms. The van der Waals surface area contributed by atoms with Gasteiger partial charge in [0.2, 0.25) is 0 Å². The van der Waals surface area contributed by atoms with E-state index in [1.54, 1.807) is 18.8 Å². The van der Waals surface area contributed by atoms with Gasteiger partial charge < -0.3 is 9.47 Å². The lowest BCUT2D eigenvalue weighted by Crippen LogP contribution is -2.43. The highest BCUT2D eigenvalue weighted by Gasteiger charge is 2.31. The van der Waals surface area contributed by atoms with Crippen LogP contribution in [-0.4, -0.2) is 24.0 Å². The fraction of sp³-hybridized carbons (Fsp3) is 0.391. The van der Waals surface area contributed by atoms with Crippen LogP contribution in [-0.2, 0) is 9.47 Å². The number of hydrogen-bond donors (Lipinski definition) is 0. The first-order chi connectivity index (χ1) is 12.9. The second kappa shape index (κ2) is 8.41. The van der Waals surface area contributed by atoms with Gasteiger partial charge in [-0.3, -0.25) is 4.90 Å². The van der Waals surface area contributed by atoms with Crippen LogP contribution < -0.4 is 0 Å². The normalized spacial score (nSPS) is 24.2. The van der Waals surface area contributed by atoms with Gasteiger partial charge >= 0.3 is 0 Å². The molecule has 2 aliphatic heterocycles. The molecule has 0 saturated carbocycles. The fourth-order valence-corrected chi connectivity index (χ4v) is 4.20. The minimum atomic E-state index is 0.240. The third-order valence-corrected chi connectivity index (χ3v) is 5.57. The van der Waals surface area contributed by atoms with Gasteiger partial charge in [0, 0.05) is 6.54 Å². The molecule has 2 atom stereocenters. The molecule has 1 aliphatic carbocycles. The van der Waals surface area contributed by atoms with Crippen molar-refractivity contribution in [3.63, 3.8) is 0 Å². The van der Waals surface area contributed by atoms with Crippen LogP contribution in [0.3, 0.4) is 0 Å². The Labute approximate surface area is 156 Å². The SMILES string of the molecule is C1=CCCC(CC(C2=COC=CO2)N2CCCC(c3ccccc3)C2)=C1. The van der Waals surface area contributed by atoms with Gasteiger partial charge in [-0.05, 0) is 50.1 Å². The molecular weight excluding hydrogens is 322 g/mol. The maximum Gasteiger partial charge on any atom is 0.156 e. The molecule has 0 spiro atoms. The van der Waals surface area contributed by atoms with E-state index in [1.165, 1.54) is 24.0 Å². The van der Waals surface area contributed by atoms with E-state index >= 15 is 0 Å². The number of benzene rings is 1. The molecule has 1 aromatic carbocycles. The molecule has 0 aromatic heterocycles. The first-order valence-electron chi connectivity index (χ1n) is 9.71. The van der Waals surface area contributed by atoms with Crippen LogP contribution in [0.2, 0.25) is 0 Å². The summed E-state index contributed by atoms with van der Waals surface area (Å²) in [5, 5.41) is 0. The molecule has 2 unspecified atom stereocenters. The van der Waals surface area contributed by atoms with E-state index in [0.717, 1.165) is 38.1 Å². The Balaban J connectivity index is 1.53. The summed E-state index contributed by atoms with van der Waals surface area (Å²) < 4.78 is 11.3. The molecule has 1 fully saturated rings. The molecule has 2 heterocycles. The number of hydrogen-bond acceptors (Lipinski definition) is 3. The van der Waals surface area contributed by atoms with Crippen molar-refractivity contribution < 1.29 is 9.47 Å². The van der Waals surface area contributed by atoms with Crippen molar-refractivity contribution in [2.75, 3.05) is 13.1 Å². The molecule has 3 aliphatic rings. The lowest BCUT2D eigenvalue weighted by molar-refractivity contribution is 0.115. The molecule has 0 amide bonds. The van der Waals surface area contributed by atoms with Crippen molar-refractivity contribution in [2.45, 2.75) is 44.1 Å². The summed E-state index contributed by atoms with van der Waals surface area (Å²) in [6, 6.07) is 11.2. The summed E-state index contributed by atoms with van der Waals surface area (Å²) >= 11 is 0. The van der Waals surface area contributed by atoms with Crippen molar-refractivity contribution in [3.8, 4) is 0 Å². The van der Waals surface area contributed by atoms with E-state index in [4.69, 9.17) is 9.47 Å². The minimum absolute atomic E-state index is 0.240. The molecular formula is C23H27NO2. The van der Waals surface area contributed by atoms with Crippen molar-refractivity contribution in [1.29, 1.82) is 0 Å². The summed E-state index contributed by atoms with van der Waals surface area (Å²) in [6.07, 6.45) is 17.5. The molecule has 3 nitrogen and oxygen atoms in total. The summed E-state index contributed by atoms with van der Waals surface area (Å²) in [7, 11) is 0. The standard InChI is InChI=1S/C23H27NO2/c1-3-8-19(9-4-1)16-22(23-18-25-14-15-26-23)24-13-7-12-21(17-24)20-10-5-2-6-11-20/h1-3,5-6,8,10-11,14-15,18,21-22H,4,7,9,12-13,16-17H2. The number of nitrogens with zero attached hydrogens (tertiary/aromatic N) is 1. The lowest BCUT2D eigenvalue weighted by atomic mass is 9.88. The van der Waals surface area contributed by atoms with Gasteiger partial charge in [-0.2, -0.15) is 0 Å².